The van der Waals surface area contributed by atoms with Gasteiger partial charge < -0.3 is 24.3 Å². The maximum atomic E-state index is 13.2. The van der Waals surface area contributed by atoms with Crippen LogP contribution in [0.1, 0.15) is 35.7 Å². The normalized spacial score (nSPS) is 18.0. The second-order valence-electron chi connectivity index (χ2n) is 8.42. The van der Waals surface area contributed by atoms with Crippen LogP contribution in [0.25, 0.3) is 5.69 Å². The molecule has 9 heteroatoms. The zero-order valence-corrected chi connectivity index (χ0v) is 19.0. The largest absolute Gasteiger partial charge is 0.494 e. The Bertz CT molecular complexity index is 1150. The fraction of sp³-hybridized carbons (Fsp3) is 0.417. The third kappa shape index (κ3) is 4.41. The van der Waals surface area contributed by atoms with Crippen LogP contribution in [0.4, 0.5) is 11.6 Å². The monoisotopic (exact) mass is 448 g/mol. The molecule has 3 heterocycles. The SMILES string of the molecule is COc1cc(Nc2ncc3c(n2)C(C(=O)N2CCOCC2)CCC3)ccc1-n1cnc(C)c1. The number of amides is 1. The van der Waals surface area contributed by atoms with Crippen LogP contribution in [-0.2, 0) is 16.0 Å². The molecule has 9 nitrogen and oxygen atoms in total. The lowest BCUT2D eigenvalue weighted by atomic mass is 9.86. The van der Waals surface area contributed by atoms with E-state index in [9.17, 15) is 4.79 Å². The van der Waals surface area contributed by atoms with Crippen LogP contribution in [0.15, 0.2) is 36.9 Å². The van der Waals surface area contributed by atoms with Crippen molar-refractivity contribution in [2.75, 3.05) is 38.7 Å². The number of aromatic nitrogens is 4. The molecule has 1 fully saturated rings. The van der Waals surface area contributed by atoms with Crippen molar-refractivity contribution in [2.24, 2.45) is 0 Å². The van der Waals surface area contributed by atoms with E-state index in [1.54, 1.807) is 13.4 Å². The Labute approximate surface area is 192 Å². The topological polar surface area (TPSA) is 94.4 Å². The van der Waals surface area contributed by atoms with Gasteiger partial charge in [-0.1, -0.05) is 0 Å². The molecule has 3 aromatic rings. The molecule has 2 aromatic heterocycles. The number of nitrogens with one attached hydrogen (secondary N) is 1. The molecule has 172 valence electrons. The van der Waals surface area contributed by atoms with Gasteiger partial charge in [0.05, 0.1) is 49.6 Å². The van der Waals surface area contributed by atoms with Gasteiger partial charge in [-0.15, -0.1) is 0 Å². The lowest BCUT2D eigenvalue weighted by Crippen LogP contribution is -2.43. The Morgan fingerprint density at radius 1 is 1.24 bits per heavy atom. The molecule has 1 amide bonds. The first-order chi connectivity index (χ1) is 16.1. The first-order valence-electron chi connectivity index (χ1n) is 11.3. The van der Waals surface area contributed by atoms with E-state index in [1.165, 1.54) is 0 Å². The number of rotatable bonds is 5. The third-order valence-electron chi connectivity index (χ3n) is 6.21. The van der Waals surface area contributed by atoms with Gasteiger partial charge in [-0.2, -0.15) is 0 Å². The van der Waals surface area contributed by atoms with Gasteiger partial charge in [0.2, 0.25) is 11.9 Å². The molecule has 1 unspecified atom stereocenters. The summed E-state index contributed by atoms with van der Waals surface area (Å²) in [5.74, 6) is 1.10. The van der Waals surface area contributed by atoms with E-state index in [-0.39, 0.29) is 11.8 Å². The molecular weight excluding hydrogens is 420 g/mol. The Morgan fingerprint density at radius 2 is 2.09 bits per heavy atom. The van der Waals surface area contributed by atoms with Crippen molar-refractivity contribution in [3.63, 3.8) is 0 Å². The molecule has 33 heavy (non-hydrogen) atoms. The highest BCUT2D eigenvalue weighted by atomic mass is 16.5. The van der Waals surface area contributed by atoms with Crippen molar-refractivity contribution < 1.29 is 14.3 Å². The standard InChI is InChI=1S/C24H28N6O3/c1-16-14-30(15-26-16)20-7-6-18(12-21(20)32-2)27-24-25-13-17-4-3-5-19(22(17)28-24)23(31)29-8-10-33-11-9-29/h6-7,12-15,19H,3-5,8-11H2,1-2H3,(H,25,27,28). The minimum atomic E-state index is -0.225. The Kier molecular flexibility index (Phi) is 5.95. The smallest absolute Gasteiger partial charge is 0.231 e. The summed E-state index contributed by atoms with van der Waals surface area (Å²) in [5.41, 5.74) is 4.53. The van der Waals surface area contributed by atoms with Crippen molar-refractivity contribution in [1.29, 1.82) is 0 Å². The number of ether oxygens (including phenoxy) is 2. The highest BCUT2D eigenvalue weighted by Gasteiger charge is 2.32. The molecule has 0 radical (unpaired) electrons. The van der Waals surface area contributed by atoms with Crippen LogP contribution >= 0.6 is 0 Å². The number of fused-ring (bicyclic) bond motifs is 1. The van der Waals surface area contributed by atoms with E-state index in [0.717, 1.165) is 47.6 Å². The number of anilines is 2. The zero-order valence-electron chi connectivity index (χ0n) is 19.0. The van der Waals surface area contributed by atoms with Crippen LogP contribution in [0.5, 0.6) is 5.75 Å². The molecule has 1 atom stereocenters. The Balaban J connectivity index is 1.39. The number of carbonyl (C=O) groups excluding carboxylic acids is 1. The molecule has 1 N–H and O–H groups in total. The van der Waals surface area contributed by atoms with E-state index in [0.29, 0.717) is 38.0 Å². The third-order valence-corrected chi connectivity index (χ3v) is 6.21. The second-order valence-corrected chi connectivity index (χ2v) is 8.42. The van der Waals surface area contributed by atoms with Crippen LogP contribution < -0.4 is 10.1 Å². The Hall–Kier alpha value is -3.46. The lowest BCUT2D eigenvalue weighted by molar-refractivity contribution is -0.137. The maximum absolute atomic E-state index is 13.2. The van der Waals surface area contributed by atoms with Gasteiger partial charge >= 0.3 is 0 Å². The van der Waals surface area contributed by atoms with Crippen molar-refractivity contribution >= 4 is 17.5 Å². The quantitative estimate of drug-likeness (QED) is 0.641. The second kappa shape index (κ2) is 9.19. The first kappa shape index (κ1) is 21.4. The van der Waals surface area contributed by atoms with E-state index in [1.807, 2.05) is 47.0 Å². The molecule has 0 spiro atoms. The average molecular weight is 449 g/mol. The average Bonchev–Trinajstić information content (AvgIpc) is 3.29. The maximum Gasteiger partial charge on any atom is 0.231 e. The summed E-state index contributed by atoms with van der Waals surface area (Å²) in [7, 11) is 1.64. The summed E-state index contributed by atoms with van der Waals surface area (Å²) in [6.45, 7) is 4.42. The van der Waals surface area contributed by atoms with E-state index in [2.05, 4.69) is 15.3 Å². The van der Waals surface area contributed by atoms with Crippen LogP contribution in [-0.4, -0.2) is 63.7 Å². The highest BCUT2D eigenvalue weighted by Crippen LogP contribution is 2.33. The minimum Gasteiger partial charge on any atom is -0.494 e. The predicted octanol–water partition coefficient (Wildman–Crippen LogP) is 3.00. The molecule has 1 aliphatic heterocycles. The van der Waals surface area contributed by atoms with Crippen LogP contribution in [0.3, 0.4) is 0 Å². The number of carbonyl (C=O) groups is 1. The Morgan fingerprint density at radius 3 is 2.85 bits per heavy atom. The minimum absolute atomic E-state index is 0.144. The van der Waals surface area contributed by atoms with E-state index < -0.39 is 0 Å². The first-order valence-corrected chi connectivity index (χ1v) is 11.3. The predicted molar refractivity (Wildman–Crippen MR) is 123 cm³/mol. The van der Waals surface area contributed by atoms with Gasteiger partial charge in [0.25, 0.3) is 0 Å². The van der Waals surface area contributed by atoms with Gasteiger partial charge in [0.15, 0.2) is 0 Å². The molecule has 0 bridgehead atoms. The van der Waals surface area contributed by atoms with Crippen molar-refractivity contribution in [1.82, 2.24) is 24.4 Å². The zero-order chi connectivity index (χ0) is 22.8. The molecule has 1 saturated heterocycles. The number of benzene rings is 1. The van der Waals surface area contributed by atoms with E-state index >= 15 is 0 Å². The molecule has 2 aliphatic rings. The molecule has 1 aliphatic carbocycles. The molecule has 0 saturated carbocycles. The van der Waals surface area contributed by atoms with Crippen LogP contribution in [0, 0.1) is 6.92 Å². The van der Waals surface area contributed by atoms with Crippen LogP contribution in [0.2, 0.25) is 0 Å². The fourth-order valence-corrected chi connectivity index (χ4v) is 4.50. The van der Waals surface area contributed by atoms with E-state index in [4.69, 9.17) is 14.5 Å². The van der Waals surface area contributed by atoms with Crippen molar-refractivity contribution in [2.45, 2.75) is 32.1 Å². The van der Waals surface area contributed by atoms with Gasteiger partial charge in [0.1, 0.15) is 5.75 Å². The van der Waals surface area contributed by atoms with Crippen molar-refractivity contribution in [3.8, 4) is 11.4 Å². The van der Waals surface area contributed by atoms with Gasteiger partial charge in [0, 0.05) is 37.2 Å². The summed E-state index contributed by atoms with van der Waals surface area (Å²) in [6.07, 6.45) is 8.24. The molecule has 1 aromatic carbocycles. The van der Waals surface area contributed by atoms with Gasteiger partial charge in [-0.25, -0.2) is 15.0 Å². The summed E-state index contributed by atoms with van der Waals surface area (Å²) in [5, 5.41) is 3.28. The summed E-state index contributed by atoms with van der Waals surface area (Å²) < 4.78 is 12.9. The number of hydrogen-bond donors (Lipinski definition) is 1. The molecule has 5 rings (SSSR count). The molecular formula is C24H28N6O3. The van der Waals surface area contributed by atoms with Gasteiger partial charge in [-0.05, 0) is 43.9 Å². The lowest BCUT2D eigenvalue weighted by Gasteiger charge is -2.32. The summed E-state index contributed by atoms with van der Waals surface area (Å²) in [4.78, 5) is 28.7. The summed E-state index contributed by atoms with van der Waals surface area (Å²) >= 11 is 0. The number of methoxy groups -OCH3 is 1. The van der Waals surface area contributed by atoms with Gasteiger partial charge in [-0.3, -0.25) is 4.79 Å². The van der Waals surface area contributed by atoms with Crippen molar-refractivity contribution in [3.05, 3.63) is 53.9 Å². The number of hydrogen-bond acceptors (Lipinski definition) is 7. The number of nitrogens with zero attached hydrogens (tertiary/aromatic N) is 5. The number of aryl methyl sites for hydroxylation is 2. The highest BCUT2D eigenvalue weighted by molar-refractivity contribution is 5.84. The number of morpholine rings is 1. The summed E-state index contributed by atoms with van der Waals surface area (Å²) in [6, 6.07) is 5.82. The number of imidazole rings is 1. The fourth-order valence-electron chi connectivity index (χ4n) is 4.50.